The van der Waals surface area contributed by atoms with Gasteiger partial charge in [-0.3, -0.25) is 4.79 Å². The summed E-state index contributed by atoms with van der Waals surface area (Å²) in [6.07, 6.45) is 1.85. The van der Waals surface area contributed by atoms with Crippen LogP contribution in [0.4, 0.5) is 8.78 Å². The molecule has 0 bridgehead atoms. The van der Waals surface area contributed by atoms with E-state index in [1.165, 1.54) is 12.3 Å². The van der Waals surface area contributed by atoms with Crippen molar-refractivity contribution in [1.82, 2.24) is 10.5 Å². The van der Waals surface area contributed by atoms with Crippen molar-refractivity contribution in [1.29, 1.82) is 0 Å². The van der Waals surface area contributed by atoms with Crippen molar-refractivity contribution in [3.63, 3.8) is 0 Å². The standard InChI is InChI=1S/C19H16F2N2O3/c1-25-14-4-2-3-12(9-14)7-8-22-19(24)15-11-23-26-18(15)13-5-6-16(20)17(21)10-13/h2-6,9-11H,7-8H2,1H3,(H,22,24). The molecular formula is C19H16F2N2O3. The summed E-state index contributed by atoms with van der Waals surface area (Å²) < 4.78 is 36.7. The van der Waals surface area contributed by atoms with Crippen molar-refractivity contribution >= 4 is 5.91 Å². The van der Waals surface area contributed by atoms with Crippen LogP contribution in [-0.2, 0) is 6.42 Å². The fraction of sp³-hybridized carbons (Fsp3) is 0.158. The van der Waals surface area contributed by atoms with Gasteiger partial charge in [0.15, 0.2) is 17.4 Å². The SMILES string of the molecule is COc1cccc(CCNC(=O)c2cnoc2-c2ccc(F)c(F)c2)c1. The van der Waals surface area contributed by atoms with Crippen LogP contribution in [-0.4, -0.2) is 24.7 Å². The van der Waals surface area contributed by atoms with Gasteiger partial charge in [0, 0.05) is 12.1 Å². The van der Waals surface area contributed by atoms with Crippen LogP contribution in [0.3, 0.4) is 0 Å². The number of halogens is 2. The van der Waals surface area contributed by atoms with Crippen LogP contribution >= 0.6 is 0 Å². The summed E-state index contributed by atoms with van der Waals surface area (Å²) in [5.74, 6) is -1.58. The van der Waals surface area contributed by atoms with E-state index in [-0.39, 0.29) is 16.9 Å². The fourth-order valence-corrected chi connectivity index (χ4v) is 2.49. The third-order valence-electron chi connectivity index (χ3n) is 3.83. The summed E-state index contributed by atoms with van der Waals surface area (Å²) in [5, 5.41) is 6.35. The Morgan fingerprint density at radius 3 is 2.81 bits per heavy atom. The molecule has 26 heavy (non-hydrogen) atoms. The maximum absolute atomic E-state index is 13.4. The first-order valence-electron chi connectivity index (χ1n) is 7.89. The summed E-state index contributed by atoms with van der Waals surface area (Å²) in [6, 6.07) is 10.8. The molecule has 0 fully saturated rings. The maximum atomic E-state index is 13.4. The largest absolute Gasteiger partial charge is 0.497 e. The third-order valence-corrected chi connectivity index (χ3v) is 3.83. The lowest BCUT2D eigenvalue weighted by Crippen LogP contribution is -2.25. The highest BCUT2D eigenvalue weighted by molar-refractivity contribution is 5.99. The molecule has 1 heterocycles. The van der Waals surface area contributed by atoms with Gasteiger partial charge in [-0.1, -0.05) is 17.3 Å². The first kappa shape index (κ1) is 17.6. The molecule has 1 aromatic heterocycles. The minimum atomic E-state index is -1.02. The third kappa shape index (κ3) is 3.88. The molecular weight excluding hydrogens is 342 g/mol. The Morgan fingerprint density at radius 1 is 1.19 bits per heavy atom. The Morgan fingerprint density at radius 2 is 2.04 bits per heavy atom. The molecule has 0 saturated heterocycles. The number of carbonyl (C=O) groups is 1. The van der Waals surface area contributed by atoms with Crippen molar-refractivity contribution in [2.24, 2.45) is 0 Å². The molecule has 0 aliphatic rings. The Kier molecular flexibility index (Phi) is 5.26. The first-order valence-corrected chi connectivity index (χ1v) is 7.89. The quantitative estimate of drug-likeness (QED) is 0.731. The van der Waals surface area contributed by atoms with Crippen LogP contribution in [0.1, 0.15) is 15.9 Å². The number of methoxy groups -OCH3 is 1. The number of nitrogens with zero attached hydrogens (tertiary/aromatic N) is 1. The summed E-state index contributed by atoms with van der Waals surface area (Å²) >= 11 is 0. The van der Waals surface area contributed by atoms with Crippen molar-refractivity contribution < 1.29 is 22.8 Å². The second-order valence-corrected chi connectivity index (χ2v) is 5.55. The van der Waals surface area contributed by atoms with E-state index in [0.29, 0.717) is 13.0 Å². The van der Waals surface area contributed by atoms with Gasteiger partial charge in [-0.05, 0) is 42.3 Å². The van der Waals surface area contributed by atoms with Crippen molar-refractivity contribution in [3.8, 4) is 17.1 Å². The highest BCUT2D eigenvalue weighted by Crippen LogP contribution is 2.25. The number of ether oxygens (including phenoxy) is 1. The molecule has 5 nitrogen and oxygen atoms in total. The van der Waals surface area contributed by atoms with Gasteiger partial charge in [0.1, 0.15) is 11.3 Å². The van der Waals surface area contributed by atoms with Crippen LogP contribution in [0.25, 0.3) is 11.3 Å². The lowest BCUT2D eigenvalue weighted by Gasteiger charge is -2.07. The zero-order valence-electron chi connectivity index (χ0n) is 14.0. The van der Waals surface area contributed by atoms with E-state index in [0.717, 1.165) is 23.4 Å². The minimum Gasteiger partial charge on any atom is -0.497 e. The second kappa shape index (κ2) is 7.77. The topological polar surface area (TPSA) is 64.4 Å². The molecule has 0 atom stereocenters. The number of rotatable bonds is 6. The second-order valence-electron chi connectivity index (χ2n) is 5.55. The average Bonchev–Trinajstić information content (AvgIpc) is 3.14. The summed E-state index contributed by atoms with van der Waals surface area (Å²) in [5.41, 5.74) is 1.40. The van der Waals surface area contributed by atoms with Crippen LogP contribution in [0.5, 0.6) is 5.75 Å². The fourth-order valence-electron chi connectivity index (χ4n) is 2.49. The first-order chi connectivity index (χ1) is 12.6. The van der Waals surface area contributed by atoms with Gasteiger partial charge in [-0.2, -0.15) is 0 Å². The Hall–Kier alpha value is -3.22. The number of carbonyl (C=O) groups excluding carboxylic acids is 1. The van der Waals surface area contributed by atoms with Gasteiger partial charge in [0.05, 0.1) is 13.3 Å². The Bertz CT molecular complexity index is 925. The molecule has 0 unspecified atom stereocenters. The van der Waals surface area contributed by atoms with Crippen LogP contribution in [0.2, 0.25) is 0 Å². The lowest BCUT2D eigenvalue weighted by molar-refractivity contribution is 0.0954. The molecule has 0 radical (unpaired) electrons. The molecule has 7 heteroatoms. The molecule has 3 rings (SSSR count). The normalized spacial score (nSPS) is 10.6. The molecule has 2 aromatic carbocycles. The Balaban J connectivity index is 1.67. The van der Waals surface area contributed by atoms with Crippen LogP contribution < -0.4 is 10.1 Å². The number of aromatic nitrogens is 1. The van der Waals surface area contributed by atoms with Gasteiger partial charge < -0.3 is 14.6 Å². The van der Waals surface area contributed by atoms with E-state index in [1.54, 1.807) is 7.11 Å². The van der Waals surface area contributed by atoms with E-state index in [4.69, 9.17) is 9.26 Å². The lowest BCUT2D eigenvalue weighted by atomic mass is 10.1. The van der Waals surface area contributed by atoms with Crippen molar-refractivity contribution in [2.75, 3.05) is 13.7 Å². The smallest absolute Gasteiger partial charge is 0.256 e. The highest BCUT2D eigenvalue weighted by atomic mass is 19.2. The zero-order chi connectivity index (χ0) is 18.5. The van der Waals surface area contributed by atoms with Gasteiger partial charge in [0.2, 0.25) is 0 Å². The van der Waals surface area contributed by atoms with Gasteiger partial charge in [0.25, 0.3) is 5.91 Å². The van der Waals surface area contributed by atoms with Gasteiger partial charge in [-0.15, -0.1) is 0 Å². The van der Waals surface area contributed by atoms with E-state index in [1.807, 2.05) is 24.3 Å². The number of benzene rings is 2. The molecule has 134 valence electrons. The average molecular weight is 358 g/mol. The Labute approximate surface area is 148 Å². The molecule has 0 spiro atoms. The van der Waals surface area contributed by atoms with Crippen LogP contribution in [0, 0.1) is 11.6 Å². The van der Waals surface area contributed by atoms with Crippen molar-refractivity contribution in [2.45, 2.75) is 6.42 Å². The number of nitrogens with one attached hydrogen (secondary N) is 1. The zero-order valence-corrected chi connectivity index (χ0v) is 14.0. The van der Waals surface area contributed by atoms with E-state index >= 15 is 0 Å². The molecule has 1 N–H and O–H groups in total. The minimum absolute atomic E-state index is 0.0859. The van der Waals surface area contributed by atoms with Gasteiger partial charge >= 0.3 is 0 Å². The maximum Gasteiger partial charge on any atom is 0.256 e. The van der Waals surface area contributed by atoms with E-state index in [2.05, 4.69) is 10.5 Å². The van der Waals surface area contributed by atoms with Crippen LogP contribution in [0.15, 0.2) is 53.2 Å². The monoisotopic (exact) mass is 358 g/mol. The van der Waals surface area contributed by atoms with Crippen molar-refractivity contribution in [3.05, 3.63) is 71.4 Å². The summed E-state index contributed by atoms with van der Waals surface area (Å²) in [7, 11) is 1.59. The molecule has 1 amide bonds. The van der Waals surface area contributed by atoms with E-state index in [9.17, 15) is 13.6 Å². The predicted molar refractivity (Wildman–Crippen MR) is 90.9 cm³/mol. The summed E-state index contributed by atoms with van der Waals surface area (Å²) in [4.78, 5) is 12.4. The molecule has 0 aliphatic carbocycles. The molecule has 0 saturated carbocycles. The predicted octanol–water partition coefficient (Wildman–Crippen LogP) is 3.60. The van der Waals surface area contributed by atoms with E-state index < -0.39 is 17.5 Å². The molecule has 0 aliphatic heterocycles. The highest BCUT2D eigenvalue weighted by Gasteiger charge is 2.18. The summed E-state index contributed by atoms with van der Waals surface area (Å²) in [6.45, 7) is 0.383. The van der Waals surface area contributed by atoms with Gasteiger partial charge in [-0.25, -0.2) is 8.78 Å². The number of hydrogen-bond donors (Lipinski definition) is 1. The molecule has 3 aromatic rings. The number of hydrogen-bond acceptors (Lipinski definition) is 4. The number of amides is 1.